The fraction of sp³-hybridized carbons (Fsp3) is 0.429. The first-order valence-electron chi connectivity index (χ1n) is 5.90. The second-order valence-electron chi connectivity index (χ2n) is 4.24. The van der Waals surface area contributed by atoms with Gasteiger partial charge in [0.1, 0.15) is 0 Å². The number of methoxy groups -OCH3 is 1. The third kappa shape index (κ3) is 4.20. The molecule has 0 atom stereocenters. The monoisotopic (exact) mass is 249 g/mol. The van der Waals surface area contributed by atoms with Gasteiger partial charge in [0.05, 0.1) is 20.0 Å². The second-order valence-corrected chi connectivity index (χ2v) is 4.24. The third-order valence-electron chi connectivity index (χ3n) is 2.91. The summed E-state index contributed by atoms with van der Waals surface area (Å²) in [5.74, 6) is -0.293. The van der Waals surface area contributed by atoms with Gasteiger partial charge in [0, 0.05) is 13.6 Å². The maximum Gasteiger partial charge on any atom is 0.307 e. The molecule has 1 rings (SSSR count). The topological polar surface area (TPSA) is 46.6 Å². The minimum atomic E-state index is -0.300. The molecule has 0 spiro atoms. The first-order valence-corrected chi connectivity index (χ1v) is 5.90. The highest BCUT2D eigenvalue weighted by molar-refractivity contribution is 5.79. The van der Waals surface area contributed by atoms with Crippen LogP contribution in [0.1, 0.15) is 17.5 Å². The lowest BCUT2D eigenvalue weighted by Crippen LogP contribution is -2.30. The Kier molecular flexibility index (Phi) is 5.36. The van der Waals surface area contributed by atoms with E-state index < -0.39 is 0 Å². The Hall–Kier alpha value is -1.84. The molecule has 0 aliphatic heterocycles. The lowest BCUT2D eigenvalue weighted by Gasteiger charge is -2.17. The number of hydrogen-bond acceptors (Lipinski definition) is 3. The van der Waals surface area contributed by atoms with Crippen molar-refractivity contribution in [2.24, 2.45) is 0 Å². The Morgan fingerprint density at radius 3 is 2.56 bits per heavy atom. The van der Waals surface area contributed by atoms with E-state index in [2.05, 4.69) is 4.74 Å². The molecule has 0 fully saturated rings. The minimum absolute atomic E-state index is 0.00760. The van der Waals surface area contributed by atoms with Crippen LogP contribution in [-0.2, 0) is 20.7 Å². The molecule has 0 aliphatic carbocycles. The van der Waals surface area contributed by atoms with E-state index in [1.807, 2.05) is 31.2 Å². The lowest BCUT2D eigenvalue weighted by atomic mass is 10.1. The summed E-state index contributed by atoms with van der Waals surface area (Å²) in [5, 5.41) is 0. The zero-order valence-electron chi connectivity index (χ0n) is 11.1. The van der Waals surface area contributed by atoms with Gasteiger partial charge >= 0.3 is 5.97 Å². The Bertz CT molecular complexity index is 429. The van der Waals surface area contributed by atoms with E-state index in [0.717, 1.165) is 11.1 Å². The molecule has 0 saturated heterocycles. The molecule has 0 heterocycles. The van der Waals surface area contributed by atoms with E-state index in [1.54, 1.807) is 11.9 Å². The third-order valence-corrected chi connectivity index (χ3v) is 2.91. The van der Waals surface area contributed by atoms with Crippen LogP contribution in [-0.4, -0.2) is 37.5 Å². The molecule has 98 valence electrons. The van der Waals surface area contributed by atoms with Crippen molar-refractivity contribution in [1.82, 2.24) is 4.90 Å². The van der Waals surface area contributed by atoms with Gasteiger partial charge in [-0.15, -0.1) is 0 Å². The molecule has 0 aromatic heterocycles. The summed E-state index contributed by atoms with van der Waals surface area (Å²) in [7, 11) is 3.04. The molecule has 0 N–H and O–H groups in total. The number of hydrogen-bond donors (Lipinski definition) is 0. The fourth-order valence-electron chi connectivity index (χ4n) is 1.59. The van der Waals surface area contributed by atoms with Gasteiger partial charge < -0.3 is 9.64 Å². The first-order chi connectivity index (χ1) is 8.54. The van der Waals surface area contributed by atoms with Crippen molar-refractivity contribution in [1.29, 1.82) is 0 Å². The highest BCUT2D eigenvalue weighted by Crippen LogP contribution is 2.09. The standard InChI is InChI=1S/C14H19NO3/c1-11-6-4-5-7-12(11)10-13(16)15(2)9-8-14(17)18-3/h4-7H,8-10H2,1-3H3. The van der Waals surface area contributed by atoms with Gasteiger partial charge in [0.2, 0.25) is 5.91 Å². The Morgan fingerprint density at radius 1 is 1.28 bits per heavy atom. The summed E-state index contributed by atoms with van der Waals surface area (Å²) in [6.45, 7) is 2.37. The van der Waals surface area contributed by atoms with Crippen LogP contribution >= 0.6 is 0 Å². The van der Waals surface area contributed by atoms with Crippen molar-refractivity contribution in [3.05, 3.63) is 35.4 Å². The predicted molar refractivity (Wildman–Crippen MR) is 69.2 cm³/mol. The maximum absolute atomic E-state index is 11.9. The largest absolute Gasteiger partial charge is 0.469 e. The van der Waals surface area contributed by atoms with Crippen molar-refractivity contribution in [2.45, 2.75) is 19.8 Å². The number of benzene rings is 1. The summed E-state index contributed by atoms with van der Waals surface area (Å²) in [6, 6.07) is 7.80. The number of nitrogens with zero attached hydrogens (tertiary/aromatic N) is 1. The number of carbonyl (C=O) groups is 2. The number of carbonyl (C=O) groups excluding carboxylic acids is 2. The van der Waals surface area contributed by atoms with E-state index in [1.165, 1.54) is 7.11 Å². The number of aryl methyl sites for hydroxylation is 1. The Balaban J connectivity index is 2.50. The summed E-state index contributed by atoms with van der Waals surface area (Å²) in [6.07, 6.45) is 0.594. The average molecular weight is 249 g/mol. The number of esters is 1. The van der Waals surface area contributed by atoms with E-state index in [4.69, 9.17) is 0 Å². The van der Waals surface area contributed by atoms with Crippen LogP contribution in [0.15, 0.2) is 24.3 Å². The van der Waals surface area contributed by atoms with Crippen molar-refractivity contribution < 1.29 is 14.3 Å². The van der Waals surface area contributed by atoms with Crippen LogP contribution in [0.4, 0.5) is 0 Å². The van der Waals surface area contributed by atoms with Gasteiger partial charge in [-0.1, -0.05) is 24.3 Å². The molecule has 0 unspecified atom stereocenters. The SMILES string of the molecule is COC(=O)CCN(C)C(=O)Cc1ccccc1C. The number of amides is 1. The normalized spacial score (nSPS) is 9.94. The van der Waals surface area contributed by atoms with Crippen LogP contribution in [0.5, 0.6) is 0 Å². The van der Waals surface area contributed by atoms with Gasteiger partial charge in [0.25, 0.3) is 0 Å². The second kappa shape index (κ2) is 6.79. The number of ether oxygens (including phenoxy) is 1. The van der Waals surface area contributed by atoms with Crippen LogP contribution in [0, 0.1) is 6.92 Å². The Morgan fingerprint density at radius 2 is 1.94 bits per heavy atom. The molecule has 0 saturated carbocycles. The zero-order chi connectivity index (χ0) is 13.5. The van der Waals surface area contributed by atoms with Gasteiger partial charge in [-0.25, -0.2) is 0 Å². The van der Waals surface area contributed by atoms with Gasteiger partial charge in [0.15, 0.2) is 0 Å². The quantitative estimate of drug-likeness (QED) is 0.744. The zero-order valence-corrected chi connectivity index (χ0v) is 11.1. The van der Waals surface area contributed by atoms with E-state index in [9.17, 15) is 9.59 Å². The number of rotatable bonds is 5. The molecular weight excluding hydrogens is 230 g/mol. The molecule has 0 radical (unpaired) electrons. The van der Waals surface area contributed by atoms with E-state index in [-0.39, 0.29) is 18.3 Å². The summed E-state index contributed by atoms with van der Waals surface area (Å²) in [4.78, 5) is 24.5. The van der Waals surface area contributed by atoms with Crippen molar-refractivity contribution >= 4 is 11.9 Å². The van der Waals surface area contributed by atoms with Crippen LogP contribution in [0.3, 0.4) is 0 Å². The lowest BCUT2D eigenvalue weighted by molar-refractivity contribution is -0.141. The molecule has 0 bridgehead atoms. The minimum Gasteiger partial charge on any atom is -0.469 e. The van der Waals surface area contributed by atoms with Crippen molar-refractivity contribution in [3.63, 3.8) is 0 Å². The molecule has 4 nitrogen and oxygen atoms in total. The van der Waals surface area contributed by atoms with Crippen LogP contribution < -0.4 is 0 Å². The molecule has 4 heteroatoms. The Labute approximate surface area is 108 Å². The molecular formula is C14H19NO3. The summed E-state index contributed by atoms with van der Waals surface area (Å²) >= 11 is 0. The summed E-state index contributed by atoms with van der Waals surface area (Å²) < 4.78 is 4.54. The van der Waals surface area contributed by atoms with Crippen LogP contribution in [0.25, 0.3) is 0 Å². The highest BCUT2D eigenvalue weighted by Gasteiger charge is 2.12. The molecule has 1 aromatic rings. The maximum atomic E-state index is 11.9. The van der Waals surface area contributed by atoms with Gasteiger partial charge in [-0.2, -0.15) is 0 Å². The molecule has 0 aliphatic rings. The van der Waals surface area contributed by atoms with Gasteiger partial charge in [-0.3, -0.25) is 9.59 Å². The average Bonchev–Trinajstić information content (AvgIpc) is 2.38. The fourth-order valence-corrected chi connectivity index (χ4v) is 1.59. The van der Waals surface area contributed by atoms with E-state index >= 15 is 0 Å². The molecule has 1 amide bonds. The highest BCUT2D eigenvalue weighted by atomic mass is 16.5. The first kappa shape index (κ1) is 14.2. The van der Waals surface area contributed by atoms with Crippen molar-refractivity contribution in [2.75, 3.05) is 20.7 Å². The van der Waals surface area contributed by atoms with Crippen molar-refractivity contribution in [3.8, 4) is 0 Å². The molecule has 1 aromatic carbocycles. The molecule has 18 heavy (non-hydrogen) atoms. The number of likely N-dealkylation sites (N-methyl/N-ethyl adjacent to an activating group) is 1. The predicted octanol–water partition coefficient (Wildman–Crippen LogP) is 1.56. The van der Waals surface area contributed by atoms with Crippen LogP contribution in [0.2, 0.25) is 0 Å². The van der Waals surface area contributed by atoms with E-state index in [0.29, 0.717) is 13.0 Å². The van der Waals surface area contributed by atoms with Gasteiger partial charge in [-0.05, 0) is 18.1 Å². The summed E-state index contributed by atoms with van der Waals surface area (Å²) in [5.41, 5.74) is 2.12. The smallest absolute Gasteiger partial charge is 0.307 e.